The van der Waals surface area contributed by atoms with Crippen LogP contribution < -0.4 is 5.32 Å². The molecule has 0 bridgehead atoms. The molecule has 3 rings (SSSR count). The predicted octanol–water partition coefficient (Wildman–Crippen LogP) is 2.10. The average Bonchev–Trinajstić information content (AvgIpc) is 3.05. The number of tetrazole rings is 1. The largest absolute Gasteiger partial charge is 0.321 e. The fraction of sp³-hybridized carbons (Fsp3) is 0.200. The Labute approximate surface area is 136 Å². The Morgan fingerprint density at radius 3 is 2.79 bits per heavy atom. The molecule has 1 aromatic carbocycles. The molecule has 0 saturated heterocycles. The van der Waals surface area contributed by atoms with E-state index in [1.54, 1.807) is 6.07 Å². The number of nitrogens with zero attached hydrogens (tertiary/aromatic N) is 6. The fourth-order valence-corrected chi connectivity index (χ4v) is 2.10. The number of aromatic nitrogens is 6. The second-order valence-corrected chi connectivity index (χ2v) is 5.28. The molecule has 2 heterocycles. The zero-order valence-corrected chi connectivity index (χ0v) is 13.0. The quantitative estimate of drug-likeness (QED) is 0.788. The van der Waals surface area contributed by atoms with Gasteiger partial charge in [-0.15, -0.1) is 5.10 Å². The molecule has 122 valence electrons. The first-order chi connectivity index (χ1) is 11.6. The number of benzene rings is 1. The van der Waals surface area contributed by atoms with Gasteiger partial charge in [-0.05, 0) is 42.5 Å². The van der Waals surface area contributed by atoms with Gasteiger partial charge in [0.2, 0.25) is 0 Å². The molecule has 0 aliphatic rings. The maximum atomic E-state index is 14.4. The van der Waals surface area contributed by atoms with Gasteiger partial charge < -0.3 is 5.32 Å². The van der Waals surface area contributed by atoms with Crippen molar-refractivity contribution in [3.8, 4) is 11.4 Å². The molecule has 0 unspecified atom stereocenters. The summed E-state index contributed by atoms with van der Waals surface area (Å²) >= 11 is 0. The van der Waals surface area contributed by atoms with E-state index in [0.29, 0.717) is 11.5 Å². The summed E-state index contributed by atoms with van der Waals surface area (Å²) in [5.41, 5.74) is 0.701. The third-order valence-electron chi connectivity index (χ3n) is 3.25. The highest BCUT2D eigenvalue weighted by Gasteiger charge is 2.16. The number of halogens is 1. The Kier molecular flexibility index (Phi) is 4.23. The molecule has 9 heteroatoms. The molecule has 2 aromatic heterocycles. The number of carbonyl (C=O) groups excluding carboxylic acids is 1. The third kappa shape index (κ3) is 3.09. The standard InChI is InChI=1S/C15H14FN7O/c1-9(2)23-14(20-21-22-23)11-4-3-10(7-12(11)16)19-15(24)13-8-17-5-6-18-13/h3-9H,1-2H3,(H,19,24). The summed E-state index contributed by atoms with van der Waals surface area (Å²) in [4.78, 5) is 19.7. The molecule has 0 spiro atoms. The zero-order valence-electron chi connectivity index (χ0n) is 13.0. The molecule has 0 aliphatic heterocycles. The van der Waals surface area contributed by atoms with Gasteiger partial charge in [-0.2, -0.15) is 0 Å². The topological polar surface area (TPSA) is 98.5 Å². The van der Waals surface area contributed by atoms with Crippen LogP contribution in [0.5, 0.6) is 0 Å². The number of carbonyl (C=O) groups is 1. The van der Waals surface area contributed by atoms with E-state index in [0.717, 1.165) is 0 Å². The third-order valence-corrected chi connectivity index (χ3v) is 3.25. The second-order valence-electron chi connectivity index (χ2n) is 5.28. The van der Waals surface area contributed by atoms with Crippen molar-refractivity contribution in [3.63, 3.8) is 0 Å². The lowest BCUT2D eigenvalue weighted by Crippen LogP contribution is -2.14. The zero-order chi connectivity index (χ0) is 17.1. The van der Waals surface area contributed by atoms with Crippen molar-refractivity contribution in [1.82, 2.24) is 30.2 Å². The van der Waals surface area contributed by atoms with Crippen molar-refractivity contribution >= 4 is 11.6 Å². The number of hydrogen-bond donors (Lipinski definition) is 1. The van der Waals surface area contributed by atoms with Gasteiger partial charge in [0.05, 0.1) is 17.8 Å². The maximum Gasteiger partial charge on any atom is 0.275 e. The van der Waals surface area contributed by atoms with Crippen molar-refractivity contribution in [2.45, 2.75) is 19.9 Å². The number of hydrogen-bond acceptors (Lipinski definition) is 6. The minimum atomic E-state index is -0.538. The highest BCUT2D eigenvalue weighted by Crippen LogP contribution is 2.25. The number of anilines is 1. The minimum absolute atomic E-state index is 0.00886. The van der Waals surface area contributed by atoms with Crippen molar-refractivity contribution in [2.24, 2.45) is 0 Å². The SMILES string of the molecule is CC(C)n1nnnc1-c1ccc(NC(=O)c2cnccn2)cc1F. The number of rotatable bonds is 4. The Morgan fingerprint density at radius 2 is 2.12 bits per heavy atom. The molecule has 8 nitrogen and oxygen atoms in total. The van der Waals surface area contributed by atoms with E-state index in [1.165, 1.54) is 35.4 Å². The van der Waals surface area contributed by atoms with E-state index in [2.05, 4.69) is 30.8 Å². The summed E-state index contributed by atoms with van der Waals surface area (Å²) in [6.45, 7) is 3.79. The fourth-order valence-electron chi connectivity index (χ4n) is 2.10. The van der Waals surface area contributed by atoms with Crippen LogP contribution in [0, 0.1) is 5.82 Å². The van der Waals surface area contributed by atoms with Gasteiger partial charge in [0.15, 0.2) is 5.82 Å². The lowest BCUT2D eigenvalue weighted by molar-refractivity contribution is 0.102. The van der Waals surface area contributed by atoms with Crippen LogP contribution in [0.15, 0.2) is 36.8 Å². The van der Waals surface area contributed by atoms with Crippen molar-refractivity contribution in [2.75, 3.05) is 5.32 Å². The van der Waals surface area contributed by atoms with E-state index < -0.39 is 11.7 Å². The van der Waals surface area contributed by atoms with Crippen molar-refractivity contribution in [1.29, 1.82) is 0 Å². The highest BCUT2D eigenvalue weighted by atomic mass is 19.1. The van der Waals surface area contributed by atoms with Gasteiger partial charge in [-0.1, -0.05) is 0 Å². The van der Waals surface area contributed by atoms with Gasteiger partial charge in [0.1, 0.15) is 11.5 Å². The van der Waals surface area contributed by atoms with Gasteiger partial charge in [0.25, 0.3) is 5.91 Å². The summed E-state index contributed by atoms with van der Waals surface area (Å²) in [6.07, 6.45) is 4.20. The second kappa shape index (κ2) is 6.49. The molecule has 1 amide bonds. The van der Waals surface area contributed by atoms with E-state index in [1.807, 2.05) is 13.8 Å². The van der Waals surface area contributed by atoms with Crippen LogP contribution >= 0.6 is 0 Å². The van der Waals surface area contributed by atoms with Crippen LogP contribution in [0.4, 0.5) is 10.1 Å². The van der Waals surface area contributed by atoms with Crippen molar-refractivity contribution < 1.29 is 9.18 Å². The molecule has 24 heavy (non-hydrogen) atoms. The van der Waals surface area contributed by atoms with Crippen molar-refractivity contribution in [3.05, 3.63) is 48.3 Å². The van der Waals surface area contributed by atoms with E-state index in [-0.39, 0.29) is 17.3 Å². The average molecular weight is 327 g/mol. The van der Waals surface area contributed by atoms with Crippen LogP contribution in [0.3, 0.4) is 0 Å². The van der Waals surface area contributed by atoms with Gasteiger partial charge in [-0.3, -0.25) is 9.78 Å². The molecule has 3 aromatic rings. The number of nitrogens with one attached hydrogen (secondary N) is 1. The summed E-state index contributed by atoms with van der Waals surface area (Å²) in [7, 11) is 0. The summed E-state index contributed by atoms with van der Waals surface area (Å²) < 4.78 is 15.9. The number of amides is 1. The lowest BCUT2D eigenvalue weighted by Gasteiger charge is -2.10. The Bertz CT molecular complexity index is 863. The molecular formula is C15H14FN7O. The predicted molar refractivity (Wildman–Crippen MR) is 83.6 cm³/mol. The first-order valence-corrected chi connectivity index (χ1v) is 7.21. The van der Waals surface area contributed by atoms with Gasteiger partial charge in [0, 0.05) is 18.1 Å². The molecule has 1 N–H and O–H groups in total. The monoisotopic (exact) mass is 327 g/mol. The van der Waals surface area contributed by atoms with Gasteiger partial charge in [-0.25, -0.2) is 14.1 Å². The van der Waals surface area contributed by atoms with E-state index in [4.69, 9.17) is 0 Å². The molecule has 0 aliphatic carbocycles. The van der Waals surface area contributed by atoms with Gasteiger partial charge >= 0.3 is 0 Å². The molecular weight excluding hydrogens is 313 g/mol. The smallest absolute Gasteiger partial charge is 0.275 e. The Morgan fingerprint density at radius 1 is 1.29 bits per heavy atom. The summed E-state index contributed by atoms with van der Waals surface area (Å²) in [5, 5.41) is 13.9. The van der Waals surface area contributed by atoms with E-state index >= 15 is 0 Å². The van der Waals surface area contributed by atoms with E-state index in [9.17, 15) is 9.18 Å². The Balaban J connectivity index is 1.85. The minimum Gasteiger partial charge on any atom is -0.321 e. The molecule has 0 atom stereocenters. The van der Waals surface area contributed by atoms with Crippen LogP contribution in [0.2, 0.25) is 0 Å². The highest BCUT2D eigenvalue weighted by molar-refractivity contribution is 6.02. The molecule has 0 saturated carbocycles. The normalized spacial score (nSPS) is 10.8. The van der Waals surface area contributed by atoms with Crippen LogP contribution in [-0.4, -0.2) is 36.1 Å². The molecule has 0 fully saturated rings. The summed E-state index contributed by atoms with van der Waals surface area (Å²) in [6, 6.07) is 4.30. The summed E-state index contributed by atoms with van der Waals surface area (Å²) in [5.74, 6) is -0.680. The Hall–Kier alpha value is -3.23. The molecule has 0 radical (unpaired) electrons. The van der Waals surface area contributed by atoms with Crippen LogP contribution in [0.25, 0.3) is 11.4 Å². The first kappa shape index (κ1) is 15.7. The van der Waals surface area contributed by atoms with Crippen LogP contribution in [-0.2, 0) is 0 Å². The maximum absolute atomic E-state index is 14.4. The van der Waals surface area contributed by atoms with Crippen LogP contribution in [0.1, 0.15) is 30.4 Å². The lowest BCUT2D eigenvalue weighted by atomic mass is 10.1. The first-order valence-electron chi connectivity index (χ1n) is 7.21.